The first-order valence-corrected chi connectivity index (χ1v) is 26.7. The van der Waals surface area contributed by atoms with Crippen LogP contribution < -0.4 is 31.9 Å². The normalized spacial score (nSPS) is 25.1. The molecule has 6 amide bonds. The fraction of sp³-hybridized carbons (Fsp3) is 0.667. The number of aryl methyl sites for hydroxylation is 2. The minimum Gasteiger partial charge on any atom is -0.376 e. The van der Waals surface area contributed by atoms with Crippen molar-refractivity contribution < 1.29 is 38.2 Å². The standard InChI is InChI=1S/C54H82N10O8/c1-35(55-5)49(65)57-37(3)53(69)63-33-41(31-47(63)51(67)59-45-21-11-17-39-15-7-9-19-43(39)45)71-29-13-23-61-25-27-62(28-26-61)24-14-30-72-42-32-48(64(34-42)54(70)38(4)58-50(66)36(2)56-6)52(68)60-46-22-12-18-40-16-8-10-20-44(40)46/h7-10,15-16,19-20,35-38,41-42,45-48,55-56H,11-14,17-18,21-34H2,1-6H3,(H,57,65)(H,58,66)(H,59,67)(H,60,68)/t35?,36?,37?,38?,41-,42-,45+,46+,47-,48-/m0/s1. The fourth-order valence-corrected chi connectivity index (χ4v) is 11.0. The van der Waals surface area contributed by atoms with Gasteiger partial charge < -0.3 is 61.0 Å². The molecule has 396 valence electrons. The van der Waals surface area contributed by atoms with E-state index in [4.69, 9.17) is 9.47 Å². The van der Waals surface area contributed by atoms with E-state index in [2.05, 4.69) is 66.0 Å². The molecule has 0 bridgehead atoms. The lowest BCUT2D eigenvalue weighted by molar-refractivity contribution is -0.141. The molecule has 0 spiro atoms. The number of hydrogen-bond donors (Lipinski definition) is 6. The largest absolute Gasteiger partial charge is 0.376 e. The highest BCUT2D eigenvalue weighted by molar-refractivity contribution is 5.94. The third kappa shape index (κ3) is 14.2. The van der Waals surface area contributed by atoms with Gasteiger partial charge in [0.15, 0.2) is 0 Å². The third-order valence-corrected chi connectivity index (χ3v) is 15.6. The van der Waals surface area contributed by atoms with Gasteiger partial charge in [-0.1, -0.05) is 48.5 Å². The van der Waals surface area contributed by atoms with E-state index >= 15 is 0 Å². The topological polar surface area (TPSA) is 206 Å². The van der Waals surface area contributed by atoms with Gasteiger partial charge in [0.2, 0.25) is 35.4 Å². The van der Waals surface area contributed by atoms with Gasteiger partial charge in [0.25, 0.3) is 0 Å². The summed E-state index contributed by atoms with van der Waals surface area (Å²) in [4.78, 5) is 89.2. The molecule has 3 fully saturated rings. The molecule has 3 saturated heterocycles. The molecule has 2 aliphatic carbocycles. The summed E-state index contributed by atoms with van der Waals surface area (Å²) in [6, 6.07) is 12.3. The SMILES string of the molecule is CNC(C)C(=O)NC(C)C(=O)N1C[C@@H](OCCCN2CCN(CCCO[C@H]3C[C@@H](C(=O)N[C@@H]4CCCc5ccccc54)N(C(=O)C(C)NC(=O)C(C)NC)C3)CC2)C[C@H]1C(=O)N[C@@H]1CCCc2ccccc21. The Kier molecular flexibility index (Phi) is 20.0. The number of fused-ring (bicyclic) bond motifs is 2. The zero-order valence-electron chi connectivity index (χ0n) is 43.6. The van der Waals surface area contributed by atoms with Crippen LogP contribution in [0.5, 0.6) is 0 Å². The molecule has 72 heavy (non-hydrogen) atoms. The smallest absolute Gasteiger partial charge is 0.245 e. The Morgan fingerprint density at radius 1 is 0.569 bits per heavy atom. The molecule has 7 rings (SSSR count). The number of likely N-dealkylation sites (N-methyl/N-ethyl adjacent to an activating group) is 2. The molecule has 4 unspecified atom stereocenters. The van der Waals surface area contributed by atoms with Gasteiger partial charge in [-0.15, -0.1) is 0 Å². The molecule has 3 heterocycles. The van der Waals surface area contributed by atoms with Crippen LogP contribution in [0.15, 0.2) is 48.5 Å². The lowest BCUT2D eigenvalue weighted by atomic mass is 9.87. The minimum absolute atomic E-state index is 0.117. The highest BCUT2D eigenvalue weighted by Gasteiger charge is 2.44. The summed E-state index contributed by atoms with van der Waals surface area (Å²) in [6.45, 7) is 13.8. The second kappa shape index (κ2) is 26.3. The molecular weight excluding hydrogens is 917 g/mol. The molecule has 18 heteroatoms. The molecule has 2 aromatic carbocycles. The first kappa shape index (κ1) is 54.8. The van der Waals surface area contributed by atoms with E-state index in [1.165, 1.54) is 11.1 Å². The van der Waals surface area contributed by atoms with E-state index in [1.54, 1.807) is 51.6 Å². The number of carbonyl (C=O) groups is 6. The molecule has 5 aliphatic rings. The highest BCUT2D eigenvalue weighted by atomic mass is 16.5. The molecule has 2 aromatic rings. The second-order valence-corrected chi connectivity index (χ2v) is 20.6. The van der Waals surface area contributed by atoms with Gasteiger partial charge in [-0.2, -0.15) is 0 Å². The summed E-state index contributed by atoms with van der Waals surface area (Å²) in [5, 5.41) is 18.0. The average molecular weight is 999 g/mol. The number of piperazine rings is 1. The number of hydrogen-bond acceptors (Lipinski definition) is 12. The first-order valence-electron chi connectivity index (χ1n) is 26.7. The quantitative estimate of drug-likeness (QED) is 0.0938. The third-order valence-electron chi connectivity index (χ3n) is 15.6. The Labute approximate surface area is 426 Å². The van der Waals surface area contributed by atoms with E-state index in [1.807, 2.05) is 24.3 Å². The molecule has 10 atom stereocenters. The monoisotopic (exact) mass is 999 g/mol. The average Bonchev–Trinajstić information content (AvgIpc) is 4.03. The van der Waals surface area contributed by atoms with Crippen LogP contribution in [0, 0.1) is 0 Å². The fourth-order valence-electron chi connectivity index (χ4n) is 11.0. The van der Waals surface area contributed by atoms with Gasteiger partial charge in [-0.25, -0.2) is 0 Å². The number of benzene rings is 2. The Morgan fingerprint density at radius 3 is 1.35 bits per heavy atom. The van der Waals surface area contributed by atoms with Crippen molar-refractivity contribution in [2.75, 3.05) is 79.7 Å². The van der Waals surface area contributed by atoms with E-state index in [0.29, 0.717) is 26.1 Å². The van der Waals surface area contributed by atoms with Gasteiger partial charge in [-0.3, -0.25) is 28.8 Å². The van der Waals surface area contributed by atoms with E-state index in [-0.39, 0.29) is 72.8 Å². The lowest BCUT2D eigenvalue weighted by Gasteiger charge is -2.34. The van der Waals surface area contributed by atoms with Crippen molar-refractivity contribution in [2.45, 2.75) is 152 Å². The molecule has 18 nitrogen and oxygen atoms in total. The van der Waals surface area contributed by atoms with Crippen LogP contribution in [0.2, 0.25) is 0 Å². The lowest BCUT2D eigenvalue weighted by Crippen LogP contribution is -2.54. The number of nitrogens with one attached hydrogen (secondary N) is 6. The molecule has 0 aromatic heterocycles. The van der Waals surface area contributed by atoms with Crippen LogP contribution in [0.3, 0.4) is 0 Å². The summed E-state index contributed by atoms with van der Waals surface area (Å²) in [6.07, 6.45) is 7.40. The van der Waals surface area contributed by atoms with Gasteiger partial charge >= 0.3 is 0 Å². The number of ether oxygens (including phenoxy) is 2. The van der Waals surface area contributed by atoms with Crippen molar-refractivity contribution in [3.05, 3.63) is 70.8 Å². The van der Waals surface area contributed by atoms with Crippen molar-refractivity contribution in [3.63, 3.8) is 0 Å². The Bertz CT molecular complexity index is 2020. The van der Waals surface area contributed by atoms with Crippen molar-refractivity contribution in [3.8, 4) is 0 Å². The number of nitrogens with zero attached hydrogens (tertiary/aromatic N) is 4. The number of rotatable bonds is 22. The van der Waals surface area contributed by atoms with Crippen LogP contribution in [0.4, 0.5) is 0 Å². The van der Waals surface area contributed by atoms with Crippen LogP contribution in [-0.2, 0) is 51.1 Å². The number of amides is 6. The zero-order chi connectivity index (χ0) is 51.3. The maximum atomic E-state index is 14.0. The van der Waals surface area contributed by atoms with E-state index in [0.717, 1.165) is 102 Å². The summed E-state index contributed by atoms with van der Waals surface area (Å²) in [7, 11) is 3.38. The predicted octanol–water partition coefficient (Wildman–Crippen LogP) is 1.97. The maximum Gasteiger partial charge on any atom is 0.245 e. The Balaban J connectivity index is 0.840. The van der Waals surface area contributed by atoms with E-state index < -0.39 is 36.3 Å². The van der Waals surface area contributed by atoms with Gasteiger partial charge in [0.1, 0.15) is 24.2 Å². The Hall–Kier alpha value is -4.98. The van der Waals surface area contributed by atoms with Crippen LogP contribution in [-0.4, -0.2) is 183 Å². The van der Waals surface area contributed by atoms with Gasteiger partial charge in [-0.05, 0) is 115 Å². The molecule has 6 N–H and O–H groups in total. The highest BCUT2D eigenvalue weighted by Crippen LogP contribution is 2.32. The minimum atomic E-state index is -0.804. The van der Waals surface area contributed by atoms with Crippen molar-refractivity contribution in [2.24, 2.45) is 0 Å². The number of likely N-dealkylation sites (tertiary alicyclic amines) is 2. The van der Waals surface area contributed by atoms with E-state index in [9.17, 15) is 28.8 Å². The van der Waals surface area contributed by atoms with Gasteiger partial charge in [0.05, 0.1) is 36.4 Å². The van der Waals surface area contributed by atoms with Crippen LogP contribution in [0.25, 0.3) is 0 Å². The van der Waals surface area contributed by atoms with Crippen molar-refractivity contribution in [1.82, 2.24) is 51.5 Å². The van der Waals surface area contributed by atoms with Crippen LogP contribution in [0.1, 0.15) is 113 Å². The second-order valence-electron chi connectivity index (χ2n) is 20.6. The number of carbonyl (C=O) groups excluding carboxylic acids is 6. The van der Waals surface area contributed by atoms with Gasteiger partial charge in [0, 0.05) is 78.4 Å². The van der Waals surface area contributed by atoms with Crippen LogP contribution >= 0.6 is 0 Å². The first-order chi connectivity index (χ1) is 34.7. The predicted molar refractivity (Wildman–Crippen MR) is 275 cm³/mol. The molecular formula is C54H82N10O8. The summed E-state index contributed by atoms with van der Waals surface area (Å²) < 4.78 is 12.8. The zero-order valence-corrected chi connectivity index (χ0v) is 43.6. The molecule has 0 saturated carbocycles. The summed E-state index contributed by atoms with van der Waals surface area (Å²) >= 11 is 0. The van der Waals surface area contributed by atoms with Crippen molar-refractivity contribution in [1.29, 1.82) is 0 Å². The van der Waals surface area contributed by atoms with Crippen molar-refractivity contribution >= 4 is 35.4 Å². The Morgan fingerprint density at radius 2 is 0.958 bits per heavy atom. The molecule has 0 radical (unpaired) electrons. The summed E-state index contributed by atoms with van der Waals surface area (Å²) in [5.41, 5.74) is 4.75. The summed E-state index contributed by atoms with van der Waals surface area (Å²) in [5.74, 6) is -1.55. The molecule has 3 aliphatic heterocycles. The maximum absolute atomic E-state index is 14.0.